The highest BCUT2D eigenvalue weighted by Crippen LogP contribution is 2.38. The van der Waals surface area contributed by atoms with Gasteiger partial charge in [0, 0.05) is 17.4 Å². The number of amides is 1. The maximum Gasteiger partial charge on any atom is 0.252 e. The van der Waals surface area contributed by atoms with Gasteiger partial charge < -0.3 is 14.4 Å². The third-order valence-corrected chi connectivity index (χ3v) is 8.98. The van der Waals surface area contributed by atoms with E-state index in [1.165, 1.54) is 11.8 Å². The minimum Gasteiger partial charge on any atom is -0.497 e. The molecule has 0 spiro atoms. The summed E-state index contributed by atoms with van der Waals surface area (Å²) in [6.45, 7) is 0.594. The van der Waals surface area contributed by atoms with Crippen LogP contribution in [0.15, 0.2) is 53.5 Å². The van der Waals surface area contributed by atoms with Crippen molar-refractivity contribution in [1.29, 1.82) is 0 Å². The van der Waals surface area contributed by atoms with Crippen molar-refractivity contribution in [3.05, 3.63) is 59.7 Å². The molecule has 2 fully saturated rings. The Hall–Kier alpha value is -2.52. The van der Waals surface area contributed by atoms with E-state index < -0.39 is 9.84 Å². The first-order chi connectivity index (χ1) is 15.4. The van der Waals surface area contributed by atoms with Crippen LogP contribution in [0.5, 0.6) is 11.5 Å². The van der Waals surface area contributed by atoms with E-state index in [1.54, 1.807) is 14.2 Å². The summed E-state index contributed by atoms with van der Waals surface area (Å²) in [6.07, 6.45) is 0.849. The van der Waals surface area contributed by atoms with E-state index >= 15 is 0 Å². The van der Waals surface area contributed by atoms with Gasteiger partial charge in [0.15, 0.2) is 15.0 Å². The Morgan fingerprint density at radius 3 is 2.56 bits per heavy atom. The van der Waals surface area contributed by atoms with Crippen molar-refractivity contribution in [2.24, 2.45) is 4.99 Å². The Morgan fingerprint density at radius 2 is 1.84 bits per heavy atom. The van der Waals surface area contributed by atoms with Gasteiger partial charge in [0.1, 0.15) is 11.5 Å². The van der Waals surface area contributed by atoms with Crippen LogP contribution in [0.2, 0.25) is 0 Å². The minimum absolute atomic E-state index is 0.0892. The van der Waals surface area contributed by atoms with Gasteiger partial charge in [0.05, 0.1) is 38.2 Å². The zero-order valence-electron chi connectivity index (χ0n) is 18.1. The van der Waals surface area contributed by atoms with Crippen molar-refractivity contribution in [3.63, 3.8) is 0 Å². The highest BCUT2D eigenvalue weighted by molar-refractivity contribution is 8.15. The number of aliphatic imine (C=N–C) groups is 1. The fourth-order valence-electron chi connectivity index (χ4n) is 4.10. The monoisotopic (exact) mass is 474 g/mol. The molecule has 9 heteroatoms. The molecule has 2 aliphatic rings. The number of para-hydroxylation sites is 1. The van der Waals surface area contributed by atoms with E-state index in [1.807, 2.05) is 53.4 Å². The van der Waals surface area contributed by atoms with Gasteiger partial charge in [0.2, 0.25) is 0 Å². The first kappa shape index (κ1) is 22.7. The maximum absolute atomic E-state index is 12.8. The van der Waals surface area contributed by atoms with Crippen molar-refractivity contribution in [2.45, 2.75) is 24.1 Å². The molecule has 2 saturated heterocycles. The molecule has 0 radical (unpaired) electrons. The predicted molar refractivity (Wildman–Crippen MR) is 126 cm³/mol. The van der Waals surface area contributed by atoms with Crippen LogP contribution in [0.1, 0.15) is 11.1 Å². The molecule has 2 aliphatic heterocycles. The molecule has 2 atom stereocenters. The highest BCUT2D eigenvalue weighted by Gasteiger charge is 2.48. The number of hydrogen-bond donors (Lipinski definition) is 0. The molecule has 1 amide bonds. The van der Waals surface area contributed by atoms with Crippen LogP contribution in [0.25, 0.3) is 0 Å². The van der Waals surface area contributed by atoms with Crippen LogP contribution in [0.4, 0.5) is 0 Å². The van der Waals surface area contributed by atoms with Crippen molar-refractivity contribution < 1.29 is 22.7 Å². The lowest BCUT2D eigenvalue weighted by atomic mass is 10.1. The normalized spacial score (nSPS) is 22.7. The number of methoxy groups -OCH3 is 2. The Bertz CT molecular complexity index is 1120. The molecule has 2 heterocycles. The number of carbonyl (C=O) groups is 1. The van der Waals surface area contributed by atoms with Crippen molar-refractivity contribution in [1.82, 2.24) is 4.90 Å². The molecule has 0 bridgehead atoms. The number of rotatable bonds is 7. The van der Waals surface area contributed by atoms with E-state index in [-0.39, 0.29) is 35.1 Å². The molecule has 0 aromatic heterocycles. The molecular weight excluding hydrogens is 448 g/mol. The average Bonchev–Trinajstić information content (AvgIpc) is 3.23. The molecule has 7 nitrogen and oxygen atoms in total. The van der Waals surface area contributed by atoms with Gasteiger partial charge in [0.25, 0.3) is 5.91 Å². The Labute approximate surface area is 192 Å². The number of hydrogen-bond acceptors (Lipinski definition) is 6. The Balaban J connectivity index is 1.51. The van der Waals surface area contributed by atoms with Gasteiger partial charge >= 0.3 is 0 Å². The van der Waals surface area contributed by atoms with Crippen LogP contribution in [-0.2, 0) is 27.5 Å². The van der Waals surface area contributed by atoms with Gasteiger partial charge in [-0.2, -0.15) is 4.99 Å². The fourth-order valence-corrected chi connectivity index (χ4v) is 8.09. The first-order valence-electron chi connectivity index (χ1n) is 10.4. The molecule has 0 unspecified atom stereocenters. The molecule has 2 aromatic carbocycles. The van der Waals surface area contributed by atoms with E-state index in [4.69, 9.17) is 9.47 Å². The topological polar surface area (TPSA) is 85.3 Å². The van der Waals surface area contributed by atoms with Gasteiger partial charge in [-0.1, -0.05) is 42.1 Å². The van der Waals surface area contributed by atoms with E-state index in [9.17, 15) is 13.2 Å². The number of benzene rings is 2. The van der Waals surface area contributed by atoms with Crippen molar-refractivity contribution in [2.75, 3.05) is 32.3 Å². The lowest BCUT2D eigenvalue weighted by Crippen LogP contribution is -2.39. The minimum atomic E-state index is -3.08. The van der Waals surface area contributed by atoms with Crippen LogP contribution in [0.3, 0.4) is 0 Å². The SMILES string of the molecule is COc1ccc(CCN2C(=NC(=O)Cc3ccccc3OC)S[C@@H]3CS(=O)(=O)C[C@H]32)cc1. The zero-order chi connectivity index (χ0) is 22.7. The fraction of sp³-hybridized carbons (Fsp3) is 0.391. The summed E-state index contributed by atoms with van der Waals surface area (Å²) in [6, 6.07) is 15.0. The lowest BCUT2D eigenvalue weighted by Gasteiger charge is -2.24. The standard InChI is InChI=1S/C23H26N2O5S2/c1-29-18-9-7-16(8-10-18)11-12-25-19-14-32(27,28)15-21(19)31-23(25)24-22(26)13-17-5-3-4-6-20(17)30-2/h3-10,19,21H,11-15H2,1-2H3/t19-,21-/m1/s1. The number of thioether (sulfide) groups is 1. The summed E-state index contributed by atoms with van der Waals surface area (Å²) >= 11 is 1.41. The number of amidine groups is 1. The average molecular weight is 475 g/mol. The second-order valence-electron chi connectivity index (χ2n) is 7.87. The van der Waals surface area contributed by atoms with Crippen LogP contribution < -0.4 is 9.47 Å². The van der Waals surface area contributed by atoms with Gasteiger partial charge in [-0.25, -0.2) is 8.42 Å². The summed E-state index contributed by atoms with van der Waals surface area (Å²) < 4.78 is 34.9. The summed E-state index contributed by atoms with van der Waals surface area (Å²) in [5.74, 6) is 1.40. The van der Waals surface area contributed by atoms with Gasteiger partial charge in [-0.15, -0.1) is 0 Å². The number of ether oxygens (including phenoxy) is 2. The Morgan fingerprint density at radius 1 is 1.09 bits per heavy atom. The molecule has 0 aliphatic carbocycles. The zero-order valence-corrected chi connectivity index (χ0v) is 19.7. The third kappa shape index (κ3) is 5.10. The lowest BCUT2D eigenvalue weighted by molar-refractivity contribution is -0.117. The smallest absolute Gasteiger partial charge is 0.252 e. The third-order valence-electron chi connectivity index (χ3n) is 5.73. The van der Waals surface area contributed by atoms with Gasteiger partial charge in [-0.3, -0.25) is 4.79 Å². The van der Waals surface area contributed by atoms with Gasteiger partial charge in [-0.05, 0) is 30.2 Å². The quantitative estimate of drug-likeness (QED) is 0.610. The first-order valence-corrected chi connectivity index (χ1v) is 13.1. The number of fused-ring (bicyclic) bond motifs is 1. The predicted octanol–water partition coefficient (Wildman–Crippen LogP) is 2.59. The molecule has 0 saturated carbocycles. The summed E-state index contributed by atoms with van der Waals surface area (Å²) in [5, 5.41) is 0.525. The van der Waals surface area contributed by atoms with E-state index in [0.717, 1.165) is 16.9 Å². The largest absolute Gasteiger partial charge is 0.497 e. The van der Waals surface area contributed by atoms with Crippen molar-refractivity contribution in [3.8, 4) is 11.5 Å². The van der Waals surface area contributed by atoms with Crippen LogP contribution >= 0.6 is 11.8 Å². The highest BCUT2D eigenvalue weighted by atomic mass is 32.2. The maximum atomic E-state index is 12.8. The molecule has 4 rings (SSSR count). The molecule has 32 heavy (non-hydrogen) atoms. The summed E-state index contributed by atoms with van der Waals surface area (Å²) in [5.41, 5.74) is 1.89. The summed E-state index contributed by atoms with van der Waals surface area (Å²) in [4.78, 5) is 19.2. The van der Waals surface area contributed by atoms with Crippen LogP contribution in [0, 0.1) is 0 Å². The van der Waals surface area contributed by atoms with Crippen molar-refractivity contribution >= 4 is 32.7 Å². The molecule has 0 N–H and O–H groups in total. The molecule has 170 valence electrons. The Kier molecular flexibility index (Phi) is 6.76. The molecule has 2 aromatic rings. The van der Waals surface area contributed by atoms with E-state index in [2.05, 4.69) is 4.99 Å². The second-order valence-corrected chi connectivity index (χ2v) is 11.2. The summed E-state index contributed by atoms with van der Waals surface area (Å²) in [7, 11) is 0.126. The van der Waals surface area contributed by atoms with Crippen LogP contribution in [-0.4, -0.2) is 68.0 Å². The number of sulfone groups is 1. The number of nitrogens with zero attached hydrogens (tertiary/aromatic N) is 2. The van der Waals surface area contributed by atoms with E-state index in [0.29, 0.717) is 23.9 Å². The molecular formula is C23H26N2O5S2. The number of carbonyl (C=O) groups excluding carboxylic acids is 1. The second kappa shape index (κ2) is 9.54.